The summed E-state index contributed by atoms with van der Waals surface area (Å²) in [4.78, 5) is 18.0. The number of hydrogen-bond acceptors (Lipinski definition) is 4. The zero-order chi connectivity index (χ0) is 16.1. The second kappa shape index (κ2) is 8.27. The maximum absolute atomic E-state index is 11.4. The molecule has 128 valence electrons. The third-order valence-corrected chi connectivity index (χ3v) is 5.42. The summed E-state index contributed by atoms with van der Waals surface area (Å²) in [6.07, 6.45) is 4.30. The van der Waals surface area contributed by atoms with Gasteiger partial charge in [0.15, 0.2) is 0 Å². The number of carbonyl (C=O) groups is 1. The van der Waals surface area contributed by atoms with Gasteiger partial charge in [-0.3, -0.25) is 4.79 Å². The highest BCUT2D eigenvalue weighted by Crippen LogP contribution is 2.18. The molecule has 2 aliphatic rings. The molecule has 0 bridgehead atoms. The van der Waals surface area contributed by atoms with Gasteiger partial charge in [-0.15, -0.1) is 0 Å². The Morgan fingerprint density at radius 1 is 1.09 bits per heavy atom. The van der Waals surface area contributed by atoms with Crippen molar-refractivity contribution in [1.82, 2.24) is 14.7 Å². The SMILES string of the molecule is CC(=O)N(C)C1CCN(CC(O)CN2CCC(C)CC2)CC1. The van der Waals surface area contributed by atoms with Gasteiger partial charge in [0.05, 0.1) is 6.10 Å². The van der Waals surface area contributed by atoms with Crippen molar-refractivity contribution in [2.45, 2.75) is 51.7 Å². The molecule has 2 fully saturated rings. The number of carbonyl (C=O) groups excluding carboxylic acids is 1. The second-order valence-electron chi connectivity index (χ2n) is 7.30. The number of β-amino-alcohol motifs (C(OH)–C–C–N with tert-alkyl or cyclic N) is 1. The van der Waals surface area contributed by atoms with Crippen LogP contribution in [-0.4, -0.2) is 84.2 Å². The molecule has 2 saturated heterocycles. The molecule has 5 heteroatoms. The van der Waals surface area contributed by atoms with Crippen LogP contribution in [0.15, 0.2) is 0 Å². The Morgan fingerprint density at radius 2 is 1.55 bits per heavy atom. The van der Waals surface area contributed by atoms with Gasteiger partial charge in [0.1, 0.15) is 0 Å². The van der Waals surface area contributed by atoms with Gasteiger partial charge >= 0.3 is 0 Å². The second-order valence-corrected chi connectivity index (χ2v) is 7.30. The topological polar surface area (TPSA) is 47.0 Å². The number of aliphatic hydroxyl groups excluding tert-OH is 1. The maximum atomic E-state index is 11.4. The number of aliphatic hydroxyl groups is 1. The third kappa shape index (κ3) is 5.21. The van der Waals surface area contributed by atoms with Crippen molar-refractivity contribution in [2.24, 2.45) is 5.92 Å². The number of amides is 1. The Labute approximate surface area is 135 Å². The third-order valence-electron chi connectivity index (χ3n) is 5.42. The molecule has 2 rings (SSSR count). The molecule has 0 aromatic carbocycles. The number of piperidine rings is 2. The van der Waals surface area contributed by atoms with Gasteiger partial charge in [0, 0.05) is 46.2 Å². The minimum Gasteiger partial charge on any atom is -0.390 e. The van der Waals surface area contributed by atoms with E-state index in [-0.39, 0.29) is 12.0 Å². The van der Waals surface area contributed by atoms with Crippen molar-refractivity contribution in [2.75, 3.05) is 46.3 Å². The Kier molecular flexibility index (Phi) is 6.66. The Morgan fingerprint density at radius 3 is 2.00 bits per heavy atom. The van der Waals surface area contributed by atoms with Crippen LogP contribution in [0, 0.1) is 5.92 Å². The molecule has 1 atom stereocenters. The molecule has 2 heterocycles. The molecule has 5 nitrogen and oxygen atoms in total. The summed E-state index contributed by atoms with van der Waals surface area (Å²) in [6.45, 7) is 9.74. The van der Waals surface area contributed by atoms with Crippen LogP contribution < -0.4 is 0 Å². The molecule has 1 unspecified atom stereocenters. The van der Waals surface area contributed by atoms with Crippen LogP contribution in [0.2, 0.25) is 0 Å². The van der Waals surface area contributed by atoms with E-state index < -0.39 is 0 Å². The van der Waals surface area contributed by atoms with Crippen molar-refractivity contribution in [3.63, 3.8) is 0 Å². The molecule has 0 aromatic rings. The molecule has 2 aliphatic heterocycles. The molecule has 0 spiro atoms. The minimum absolute atomic E-state index is 0.151. The quantitative estimate of drug-likeness (QED) is 0.823. The van der Waals surface area contributed by atoms with Gasteiger partial charge in [-0.25, -0.2) is 0 Å². The molecule has 22 heavy (non-hydrogen) atoms. The van der Waals surface area contributed by atoms with Crippen LogP contribution >= 0.6 is 0 Å². The van der Waals surface area contributed by atoms with Gasteiger partial charge in [-0.1, -0.05) is 6.92 Å². The van der Waals surface area contributed by atoms with E-state index in [9.17, 15) is 9.90 Å². The summed E-state index contributed by atoms with van der Waals surface area (Å²) in [5.74, 6) is 0.989. The lowest BCUT2D eigenvalue weighted by Crippen LogP contribution is -2.48. The van der Waals surface area contributed by atoms with E-state index in [0.29, 0.717) is 6.04 Å². The molecule has 0 aliphatic carbocycles. The van der Waals surface area contributed by atoms with Gasteiger partial charge in [-0.05, 0) is 44.7 Å². The highest BCUT2D eigenvalue weighted by Gasteiger charge is 2.25. The first-order valence-electron chi connectivity index (χ1n) is 8.82. The smallest absolute Gasteiger partial charge is 0.219 e. The lowest BCUT2D eigenvalue weighted by molar-refractivity contribution is -0.130. The number of rotatable bonds is 5. The average Bonchev–Trinajstić information content (AvgIpc) is 2.49. The standard InChI is InChI=1S/C17H33N3O2/c1-14-4-8-19(9-5-14)12-17(22)13-20-10-6-16(7-11-20)18(3)15(2)21/h14,16-17,22H,4-13H2,1-3H3. The Hall–Kier alpha value is -0.650. The van der Waals surface area contributed by atoms with Crippen molar-refractivity contribution in [1.29, 1.82) is 0 Å². The molecule has 1 N–H and O–H groups in total. The highest BCUT2D eigenvalue weighted by molar-refractivity contribution is 5.73. The van der Waals surface area contributed by atoms with E-state index in [4.69, 9.17) is 0 Å². The van der Waals surface area contributed by atoms with Crippen molar-refractivity contribution in [3.8, 4) is 0 Å². The maximum Gasteiger partial charge on any atom is 0.219 e. The van der Waals surface area contributed by atoms with Crippen LogP contribution in [0.3, 0.4) is 0 Å². The number of likely N-dealkylation sites (tertiary alicyclic amines) is 2. The van der Waals surface area contributed by atoms with Crippen LogP contribution in [0.4, 0.5) is 0 Å². The van der Waals surface area contributed by atoms with Crippen LogP contribution in [-0.2, 0) is 4.79 Å². The zero-order valence-electron chi connectivity index (χ0n) is 14.5. The van der Waals surface area contributed by atoms with E-state index in [1.54, 1.807) is 6.92 Å². The number of nitrogens with zero attached hydrogens (tertiary/aromatic N) is 3. The van der Waals surface area contributed by atoms with Gasteiger partial charge in [0.2, 0.25) is 5.91 Å². The predicted molar refractivity (Wildman–Crippen MR) is 88.8 cm³/mol. The van der Waals surface area contributed by atoms with E-state index >= 15 is 0 Å². The first kappa shape index (κ1) is 17.7. The van der Waals surface area contributed by atoms with Gasteiger partial charge in [-0.2, -0.15) is 0 Å². The van der Waals surface area contributed by atoms with Gasteiger partial charge in [0.25, 0.3) is 0 Å². The van der Waals surface area contributed by atoms with E-state index in [0.717, 1.165) is 58.0 Å². The van der Waals surface area contributed by atoms with E-state index in [2.05, 4.69) is 16.7 Å². The fourth-order valence-electron chi connectivity index (χ4n) is 3.64. The fourth-order valence-corrected chi connectivity index (χ4v) is 3.64. The highest BCUT2D eigenvalue weighted by atomic mass is 16.3. The van der Waals surface area contributed by atoms with Crippen LogP contribution in [0.25, 0.3) is 0 Å². The molecular weight excluding hydrogens is 278 g/mol. The molecule has 0 saturated carbocycles. The van der Waals surface area contributed by atoms with Crippen molar-refractivity contribution < 1.29 is 9.90 Å². The van der Waals surface area contributed by atoms with Crippen LogP contribution in [0.5, 0.6) is 0 Å². The summed E-state index contributed by atoms with van der Waals surface area (Å²) in [5, 5.41) is 10.3. The molecule has 0 aromatic heterocycles. The zero-order valence-corrected chi connectivity index (χ0v) is 14.5. The minimum atomic E-state index is -0.254. The van der Waals surface area contributed by atoms with Crippen molar-refractivity contribution in [3.05, 3.63) is 0 Å². The molecule has 1 amide bonds. The lowest BCUT2D eigenvalue weighted by atomic mass is 9.99. The fraction of sp³-hybridized carbons (Fsp3) is 0.941. The largest absolute Gasteiger partial charge is 0.390 e. The van der Waals surface area contributed by atoms with E-state index in [1.807, 2.05) is 11.9 Å². The first-order valence-corrected chi connectivity index (χ1v) is 8.82. The summed E-state index contributed by atoms with van der Waals surface area (Å²) >= 11 is 0. The summed E-state index contributed by atoms with van der Waals surface area (Å²) in [6, 6.07) is 0.370. The monoisotopic (exact) mass is 311 g/mol. The first-order chi connectivity index (χ1) is 10.5. The van der Waals surface area contributed by atoms with Crippen molar-refractivity contribution >= 4 is 5.91 Å². The summed E-state index contributed by atoms with van der Waals surface area (Å²) in [5.41, 5.74) is 0. The Balaban J connectivity index is 1.66. The predicted octanol–water partition coefficient (Wildman–Crippen LogP) is 1.02. The molecular formula is C17H33N3O2. The Bertz CT molecular complexity index is 348. The van der Waals surface area contributed by atoms with Crippen LogP contribution in [0.1, 0.15) is 39.5 Å². The lowest BCUT2D eigenvalue weighted by Gasteiger charge is -2.38. The summed E-state index contributed by atoms with van der Waals surface area (Å²) in [7, 11) is 1.90. The van der Waals surface area contributed by atoms with Gasteiger partial charge < -0.3 is 19.8 Å². The molecule has 0 radical (unpaired) electrons. The number of hydrogen-bond donors (Lipinski definition) is 1. The summed E-state index contributed by atoms with van der Waals surface area (Å²) < 4.78 is 0. The van der Waals surface area contributed by atoms with E-state index in [1.165, 1.54) is 12.8 Å². The average molecular weight is 311 g/mol. The normalized spacial score (nSPS) is 24.4.